The number of anilines is 1. The van der Waals surface area contributed by atoms with Gasteiger partial charge in [0.1, 0.15) is 5.75 Å². The number of hydrazone groups is 1. The highest BCUT2D eigenvalue weighted by atomic mass is 35.5. The molecule has 0 aliphatic carbocycles. The van der Waals surface area contributed by atoms with E-state index in [4.69, 9.17) is 16.3 Å². The van der Waals surface area contributed by atoms with Gasteiger partial charge in [0.05, 0.1) is 30.1 Å². The molecule has 0 atom stereocenters. The van der Waals surface area contributed by atoms with Crippen molar-refractivity contribution in [2.45, 2.75) is 6.92 Å². The molecule has 2 N–H and O–H groups in total. The second kappa shape index (κ2) is 8.80. The molecule has 0 aliphatic heterocycles. The Morgan fingerprint density at radius 1 is 1.22 bits per heavy atom. The first-order valence-electron chi connectivity index (χ1n) is 7.23. The Morgan fingerprint density at radius 2 is 1.96 bits per heavy atom. The number of nitrogens with one attached hydrogen (secondary N) is 2. The molecule has 1 amide bonds. The SMILES string of the molecule is CCOc1ccccc1/C=N/NC(=O)CNc1ccccc1Cl. The highest BCUT2D eigenvalue weighted by molar-refractivity contribution is 6.33. The number of halogens is 1. The summed E-state index contributed by atoms with van der Waals surface area (Å²) in [6.45, 7) is 2.56. The summed E-state index contributed by atoms with van der Waals surface area (Å²) in [7, 11) is 0. The maximum absolute atomic E-state index is 11.8. The number of hydrogen-bond acceptors (Lipinski definition) is 4. The third kappa shape index (κ3) is 5.30. The Hall–Kier alpha value is -2.53. The molecule has 0 aliphatic rings. The van der Waals surface area contributed by atoms with Crippen molar-refractivity contribution in [3.05, 3.63) is 59.1 Å². The molecule has 2 aromatic rings. The van der Waals surface area contributed by atoms with E-state index in [0.717, 1.165) is 11.3 Å². The van der Waals surface area contributed by atoms with Gasteiger partial charge in [-0.3, -0.25) is 4.79 Å². The van der Waals surface area contributed by atoms with Crippen LogP contribution in [0.1, 0.15) is 12.5 Å². The summed E-state index contributed by atoms with van der Waals surface area (Å²) in [5.41, 5.74) is 3.96. The van der Waals surface area contributed by atoms with Crippen molar-refractivity contribution >= 4 is 29.4 Å². The van der Waals surface area contributed by atoms with E-state index in [1.54, 1.807) is 18.3 Å². The quantitative estimate of drug-likeness (QED) is 0.604. The van der Waals surface area contributed by atoms with Crippen LogP contribution in [0.3, 0.4) is 0 Å². The Labute approximate surface area is 140 Å². The zero-order valence-electron chi connectivity index (χ0n) is 12.8. The van der Waals surface area contributed by atoms with Crippen LogP contribution in [-0.2, 0) is 4.79 Å². The van der Waals surface area contributed by atoms with E-state index in [-0.39, 0.29) is 12.5 Å². The largest absolute Gasteiger partial charge is 0.493 e. The Bertz CT molecular complexity index is 689. The fourth-order valence-corrected chi connectivity index (χ4v) is 2.07. The summed E-state index contributed by atoms with van der Waals surface area (Å²) >= 11 is 6.00. The monoisotopic (exact) mass is 331 g/mol. The molecule has 0 unspecified atom stereocenters. The number of para-hydroxylation sites is 2. The van der Waals surface area contributed by atoms with Crippen molar-refractivity contribution < 1.29 is 9.53 Å². The van der Waals surface area contributed by atoms with Crippen LogP contribution in [0.2, 0.25) is 5.02 Å². The van der Waals surface area contributed by atoms with Gasteiger partial charge in [-0.15, -0.1) is 0 Å². The number of hydrogen-bond donors (Lipinski definition) is 2. The summed E-state index contributed by atoms with van der Waals surface area (Å²) in [5.74, 6) is 0.456. The van der Waals surface area contributed by atoms with Crippen molar-refractivity contribution in [1.82, 2.24) is 5.43 Å². The van der Waals surface area contributed by atoms with Crippen molar-refractivity contribution in [3.63, 3.8) is 0 Å². The minimum atomic E-state index is -0.268. The molecule has 0 aromatic heterocycles. The van der Waals surface area contributed by atoms with Crippen LogP contribution in [0.25, 0.3) is 0 Å². The van der Waals surface area contributed by atoms with Gasteiger partial charge in [0.2, 0.25) is 0 Å². The smallest absolute Gasteiger partial charge is 0.259 e. The van der Waals surface area contributed by atoms with E-state index in [1.807, 2.05) is 43.3 Å². The average molecular weight is 332 g/mol. The average Bonchev–Trinajstić information content (AvgIpc) is 2.56. The van der Waals surface area contributed by atoms with E-state index in [9.17, 15) is 4.79 Å². The van der Waals surface area contributed by atoms with Crippen molar-refractivity contribution in [2.75, 3.05) is 18.5 Å². The lowest BCUT2D eigenvalue weighted by atomic mass is 10.2. The normalized spacial score (nSPS) is 10.5. The molecule has 5 nitrogen and oxygen atoms in total. The highest BCUT2D eigenvalue weighted by Gasteiger charge is 2.03. The Balaban J connectivity index is 1.86. The van der Waals surface area contributed by atoms with Crippen LogP contribution < -0.4 is 15.5 Å². The maximum Gasteiger partial charge on any atom is 0.259 e. The fraction of sp³-hybridized carbons (Fsp3) is 0.176. The lowest BCUT2D eigenvalue weighted by Crippen LogP contribution is -2.26. The number of ether oxygens (including phenoxy) is 1. The molecule has 0 radical (unpaired) electrons. The van der Waals surface area contributed by atoms with Gasteiger partial charge < -0.3 is 10.1 Å². The van der Waals surface area contributed by atoms with Gasteiger partial charge in [-0.25, -0.2) is 5.43 Å². The van der Waals surface area contributed by atoms with Crippen molar-refractivity contribution in [2.24, 2.45) is 5.10 Å². The number of benzene rings is 2. The lowest BCUT2D eigenvalue weighted by molar-refractivity contribution is -0.119. The van der Waals surface area contributed by atoms with Crippen LogP contribution in [0, 0.1) is 0 Å². The summed E-state index contributed by atoms with van der Waals surface area (Å²) in [5, 5.41) is 7.46. The van der Waals surface area contributed by atoms with E-state index >= 15 is 0 Å². The van der Waals surface area contributed by atoms with E-state index in [2.05, 4.69) is 15.8 Å². The van der Waals surface area contributed by atoms with Gasteiger partial charge in [-0.05, 0) is 31.2 Å². The molecule has 0 heterocycles. The van der Waals surface area contributed by atoms with Crippen LogP contribution in [0.5, 0.6) is 5.75 Å². The van der Waals surface area contributed by atoms with Crippen LogP contribution in [0.4, 0.5) is 5.69 Å². The zero-order chi connectivity index (χ0) is 16.5. The molecule has 2 rings (SSSR count). The third-order valence-electron chi connectivity index (χ3n) is 2.92. The van der Waals surface area contributed by atoms with E-state index in [0.29, 0.717) is 17.3 Å². The van der Waals surface area contributed by atoms with Gasteiger partial charge in [0, 0.05) is 5.56 Å². The van der Waals surface area contributed by atoms with Crippen LogP contribution in [-0.4, -0.2) is 25.3 Å². The first-order valence-corrected chi connectivity index (χ1v) is 7.60. The predicted molar refractivity (Wildman–Crippen MR) is 93.3 cm³/mol. The standard InChI is InChI=1S/C17H18ClN3O2/c1-2-23-16-10-6-3-7-13(16)11-20-21-17(22)12-19-15-9-5-4-8-14(15)18/h3-11,19H,2,12H2,1H3,(H,21,22)/b20-11+. The van der Waals surface area contributed by atoms with Crippen molar-refractivity contribution in [1.29, 1.82) is 0 Å². The van der Waals surface area contributed by atoms with E-state index < -0.39 is 0 Å². The Kier molecular flexibility index (Phi) is 6.44. The number of carbonyl (C=O) groups excluding carboxylic acids is 1. The second-order valence-corrected chi connectivity index (χ2v) is 5.00. The summed E-state index contributed by atoms with van der Waals surface area (Å²) < 4.78 is 5.48. The first-order chi connectivity index (χ1) is 11.2. The summed E-state index contributed by atoms with van der Waals surface area (Å²) in [6, 6.07) is 14.7. The van der Waals surface area contributed by atoms with Crippen molar-refractivity contribution in [3.8, 4) is 5.75 Å². The lowest BCUT2D eigenvalue weighted by Gasteiger charge is -2.07. The number of rotatable bonds is 7. The highest BCUT2D eigenvalue weighted by Crippen LogP contribution is 2.19. The molecular formula is C17H18ClN3O2. The maximum atomic E-state index is 11.8. The molecule has 0 bridgehead atoms. The number of nitrogens with zero attached hydrogens (tertiary/aromatic N) is 1. The minimum Gasteiger partial charge on any atom is -0.493 e. The van der Waals surface area contributed by atoms with Gasteiger partial charge >= 0.3 is 0 Å². The minimum absolute atomic E-state index is 0.0776. The molecule has 0 saturated carbocycles. The molecule has 6 heteroatoms. The number of carbonyl (C=O) groups is 1. The zero-order valence-corrected chi connectivity index (χ0v) is 13.5. The van der Waals surface area contributed by atoms with Gasteiger partial charge in [-0.1, -0.05) is 35.9 Å². The molecule has 0 fully saturated rings. The first kappa shape index (κ1) is 16.8. The van der Waals surface area contributed by atoms with E-state index in [1.165, 1.54) is 0 Å². The molecule has 2 aromatic carbocycles. The van der Waals surface area contributed by atoms with Gasteiger partial charge in [0.15, 0.2) is 0 Å². The molecule has 23 heavy (non-hydrogen) atoms. The molecule has 0 spiro atoms. The van der Waals surface area contributed by atoms with Gasteiger partial charge in [0.25, 0.3) is 5.91 Å². The fourth-order valence-electron chi connectivity index (χ4n) is 1.87. The third-order valence-corrected chi connectivity index (χ3v) is 3.25. The van der Waals surface area contributed by atoms with Crippen LogP contribution >= 0.6 is 11.6 Å². The molecular weight excluding hydrogens is 314 g/mol. The second-order valence-electron chi connectivity index (χ2n) is 4.60. The summed E-state index contributed by atoms with van der Waals surface area (Å²) in [4.78, 5) is 11.8. The van der Waals surface area contributed by atoms with Crippen LogP contribution in [0.15, 0.2) is 53.6 Å². The predicted octanol–water partition coefficient (Wildman–Crippen LogP) is 3.30. The number of amides is 1. The van der Waals surface area contributed by atoms with Gasteiger partial charge in [-0.2, -0.15) is 5.10 Å². The molecule has 0 saturated heterocycles. The molecule has 120 valence electrons. The Morgan fingerprint density at radius 3 is 2.74 bits per heavy atom. The summed E-state index contributed by atoms with van der Waals surface area (Å²) in [6.07, 6.45) is 1.55. The topological polar surface area (TPSA) is 62.7 Å².